The molecule has 0 aliphatic carbocycles. The molecule has 0 radical (unpaired) electrons. The molecule has 17 heavy (non-hydrogen) atoms. The summed E-state index contributed by atoms with van der Waals surface area (Å²) in [5.41, 5.74) is 1.77. The summed E-state index contributed by atoms with van der Waals surface area (Å²) in [6.07, 6.45) is 3.34. The first-order valence-electron chi connectivity index (χ1n) is 4.98. The van der Waals surface area contributed by atoms with Crippen LogP contribution in [0.1, 0.15) is 11.3 Å². The molecule has 90 valence electrons. The van der Waals surface area contributed by atoms with Crippen molar-refractivity contribution in [3.05, 3.63) is 34.2 Å². The van der Waals surface area contributed by atoms with Gasteiger partial charge in [-0.25, -0.2) is 4.68 Å². The molecule has 2 aromatic rings. The molecule has 2 aromatic heterocycles. The van der Waals surface area contributed by atoms with E-state index in [0.717, 1.165) is 15.7 Å². The third-order valence-corrected chi connectivity index (χ3v) is 3.02. The van der Waals surface area contributed by atoms with Crippen molar-refractivity contribution >= 4 is 27.5 Å². The lowest BCUT2D eigenvalue weighted by Crippen LogP contribution is -1.96. The fourth-order valence-corrected chi connectivity index (χ4v) is 2.17. The zero-order valence-corrected chi connectivity index (χ0v) is 11.8. The Morgan fingerprint density at radius 1 is 1.47 bits per heavy atom. The van der Waals surface area contributed by atoms with Crippen molar-refractivity contribution in [1.29, 1.82) is 0 Å². The van der Waals surface area contributed by atoms with Crippen molar-refractivity contribution in [3.63, 3.8) is 0 Å². The molecule has 0 amide bonds. The van der Waals surface area contributed by atoms with Crippen LogP contribution in [0, 0.1) is 6.92 Å². The van der Waals surface area contributed by atoms with Crippen molar-refractivity contribution in [2.45, 2.75) is 12.8 Å². The number of nitrogens with zero attached hydrogens (tertiary/aromatic N) is 3. The molecule has 2 heterocycles. The summed E-state index contributed by atoms with van der Waals surface area (Å²) in [4.78, 5) is 4.04. The van der Waals surface area contributed by atoms with Gasteiger partial charge in [0.15, 0.2) is 0 Å². The molecule has 0 fully saturated rings. The summed E-state index contributed by atoms with van der Waals surface area (Å²) >= 11 is 9.23. The van der Waals surface area contributed by atoms with Gasteiger partial charge in [-0.05, 0) is 28.9 Å². The van der Waals surface area contributed by atoms with Crippen LogP contribution in [0.4, 0.5) is 0 Å². The van der Waals surface area contributed by atoms with Crippen LogP contribution in [0.25, 0.3) is 0 Å². The van der Waals surface area contributed by atoms with Crippen molar-refractivity contribution in [2.24, 2.45) is 7.05 Å². The minimum absolute atomic E-state index is 0.371. The summed E-state index contributed by atoms with van der Waals surface area (Å²) in [6.45, 7) is 1.91. The third kappa shape index (κ3) is 2.61. The highest BCUT2D eigenvalue weighted by Gasteiger charge is 2.14. The molecule has 0 aliphatic rings. The standard InChI is InChI=1S/C11H11BrClN3O/c1-7-10(4-13)11(16(2)15-7)17-9-3-8(12)5-14-6-9/h3,5-6H,4H2,1-2H3. The Labute approximate surface area is 113 Å². The monoisotopic (exact) mass is 315 g/mol. The molecule has 0 bridgehead atoms. The molecule has 0 spiro atoms. The van der Waals surface area contributed by atoms with Gasteiger partial charge in [0.05, 0.1) is 23.3 Å². The largest absolute Gasteiger partial charge is 0.437 e. The van der Waals surface area contributed by atoms with E-state index in [4.69, 9.17) is 16.3 Å². The van der Waals surface area contributed by atoms with Gasteiger partial charge in [0, 0.05) is 17.7 Å². The topological polar surface area (TPSA) is 39.9 Å². The van der Waals surface area contributed by atoms with E-state index in [1.165, 1.54) is 0 Å². The van der Waals surface area contributed by atoms with Crippen LogP contribution in [-0.4, -0.2) is 14.8 Å². The Morgan fingerprint density at radius 3 is 2.88 bits per heavy atom. The van der Waals surface area contributed by atoms with E-state index in [2.05, 4.69) is 26.0 Å². The van der Waals surface area contributed by atoms with Gasteiger partial charge in [-0.3, -0.25) is 4.98 Å². The zero-order chi connectivity index (χ0) is 12.4. The van der Waals surface area contributed by atoms with E-state index < -0.39 is 0 Å². The number of rotatable bonds is 3. The highest BCUT2D eigenvalue weighted by Crippen LogP contribution is 2.29. The van der Waals surface area contributed by atoms with Gasteiger partial charge in [0.1, 0.15) is 5.75 Å². The lowest BCUT2D eigenvalue weighted by Gasteiger charge is -2.07. The average molecular weight is 317 g/mol. The Bertz CT molecular complexity index is 542. The normalized spacial score (nSPS) is 10.6. The lowest BCUT2D eigenvalue weighted by atomic mass is 10.3. The number of ether oxygens (including phenoxy) is 1. The van der Waals surface area contributed by atoms with Crippen molar-refractivity contribution in [2.75, 3.05) is 0 Å². The van der Waals surface area contributed by atoms with Gasteiger partial charge < -0.3 is 4.74 Å². The van der Waals surface area contributed by atoms with Crippen molar-refractivity contribution < 1.29 is 4.74 Å². The van der Waals surface area contributed by atoms with Crippen LogP contribution in [0.5, 0.6) is 11.6 Å². The first-order valence-corrected chi connectivity index (χ1v) is 6.31. The van der Waals surface area contributed by atoms with Crippen LogP contribution < -0.4 is 4.74 Å². The summed E-state index contributed by atoms with van der Waals surface area (Å²) in [7, 11) is 1.82. The number of alkyl halides is 1. The Hall–Kier alpha value is -1.07. The zero-order valence-electron chi connectivity index (χ0n) is 9.44. The van der Waals surface area contributed by atoms with Gasteiger partial charge in [0.2, 0.25) is 5.88 Å². The van der Waals surface area contributed by atoms with E-state index >= 15 is 0 Å². The fourth-order valence-electron chi connectivity index (χ4n) is 1.52. The Kier molecular flexibility index (Phi) is 3.69. The summed E-state index contributed by atoms with van der Waals surface area (Å²) in [5, 5.41) is 4.28. The van der Waals surface area contributed by atoms with E-state index in [1.54, 1.807) is 17.1 Å². The Morgan fingerprint density at radius 2 is 2.24 bits per heavy atom. The molecular formula is C11H11BrClN3O. The minimum Gasteiger partial charge on any atom is -0.437 e. The molecule has 6 heteroatoms. The molecule has 0 aromatic carbocycles. The first kappa shape index (κ1) is 12.4. The number of hydrogen-bond acceptors (Lipinski definition) is 3. The molecule has 0 N–H and O–H groups in total. The van der Waals surface area contributed by atoms with Crippen LogP contribution >= 0.6 is 27.5 Å². The summed E-state index contributed by atoms with van der Waals surface area (Å²) < 4.78 is 8.29. The number of halogens is 2. The maximum Gasteiger partial charge on any atom is 0.222 e. The number of hydrogen-bond donors (Lipinski definition) is 0. The molecule has 0 unspecified atom stereocenters. The van der Waals surface area contributed by atoms with Gasteiger partial charge in [-0.2, -0.15) is 5.10 Å². The number of pyridine rings is 1. The molecule has 0 atom stereocenters. The van der Waals surface area contributed by atoms with Crippen LogP contribution in [-0.2, 0) is 12.9 Å². The second kappa shape index (κ2) is 5.06. The predicted octanol–water partition coefficient (Wildman–Crippen LogP) is 3.42. The predicted molar refractivity (Wildman–Crippen MR) is 69.5 cm³/mol. The molecular weight excluding hydrogens is 305 g/mol. The van der Waals surface area contributed by atoms with Crippen LogP contribution in [0.3, 0.4) is 0 Å². The molecule has 0 saturated heterocycles. The number of aryl methyl sites for hydroxylation is 2. The molecule has 0 saturated carbocycles. The minimum atomic E-state index is 0.371. The summed E-state index contributed by atoms with van der Waals surface area (Å²) in [5.74, 6) is 1.67. The molecule has 0 aliphatic heterocycles. The highest BCUT2D eigenvalue weighted by molar-refractivity contribution is 9.10. The van der Waals surface area contributed by atoms with Crippen LogP contribution in [0.15, 0.2) is 22.9 Å². The quantitative estimate of drug-likeness (QED) is 0.815. The average Bonchev–Trinajstić information content (AvgIpc) is 2.53. The molecule has 4 nitrogen and oxygen atoms in total. The smallest absolute Gasteiger partial charge is 0.222 e. The van der Waals surface area contributed by atoms with E-state index in [1.807, 2.05) is 20.0 Å². The van der Waals surface area contributed by atoms with Crippen molar-refractivity contribution in [1.82, 2.24) is 14.8 Å². The third-order valence-electron chi connectivity index (χ3n) is 2.32. The molecule has 2 rings (SSSR count). The van der Waals surface area contributed by atoms with Gasteiger partial charge >= 0.3 is 0 Å². The van der Waals surface area contributed by atoms with E-state index in [9.17, 15) is 0 Å². The SMILES string of the molecule is Cc1nn(C)c(Oc2cncc(Br)c2)c1CCl. The Balaban J connectivity index is 2.36. The van der Waals surface area contributed by atoms with Gasteiger partial charge in [-0.15, -0.1) is 11.6 Å². The highest BCUT2D eigenvalue weighted by atomic mass is 79.9. The first-order chi connectivity index (χ1) is 8.11. The second-order valence-electron chi connectivity index (χ2n) is 3.57. The fraction of sp³-hybridized carbons (Fsp3) is 0.273. The van der Waals surface area contributed by atoms with Gasteiger partial charge in [-0.1, -0.05) is 0 Å². The maximum atomic E-state index is 5.89. The van der Waals surface area contributed by atoms with E-state index in [-0.39, 0.29) is 0 Å². The maximum absolute atomic E-state index is 5.89. The lowest BCUT2D eigenvalue weighted by molar-refractivity contribution is 0.425. The van der Waals surface area contributed by atoms with Crippen molar-refractivity contribution in [3.8, 4) is 11.6 Å². The second-order valence-corrected chi connectivity index (χ2v) is 4.75. The van der Waals surface area contributed by atoms with E-state index in [0.29, 0.717) is 17.5 Å². The van der Waals surface area contributed by atoms with Crippen LogP contribution in [0.2, 0.25) is 0 Å². The van der Waals surface area contributed by atoms with Gasteiger partial charge in [0.25, 0.3) is 0 Å². The number of aromatic nitrogens is 3. The summed E-state index contributed by atoms with van der Waals surface area (Å²) in [6, 6.07) is 1.84.